The maximum absolute atomic E-state index is 12.4. The molecule has 1 aromatic carbocycles. The Morgan fingerprint density at radius 3 is 2.29 bits per heavy atom. The number of H-pyrrole nitrogens is 1. The van der Waals surface area contributed by atoms with E-state index in [2.05, 4.69) is 20.6 Å². The summed E-state index contributed by atoms with van der Waals surface area (Å²) in [4.78, 5) is 34.1. The number of aromatic nitrogens is 3. The number of aromatic amines is 1. The van der Waals surface area contributed by atoms with E-state index in [1.807, 2.05) is 0 Å². The van der Waals surface area contributed by atoms with Crippen LogP contribution >= 0.6 is 23.2 Å². The van der Waals surface area contributed by atoms with E-state index < -0.39 is 4.92 Å². The minimum atomic E-state index is -0.587. The molecule has 0 amide bonds. The summed E-state index contributed by atoms with van der Waals surface area (Å²) >= 11 is 12.5. The van der Waals surface area contributed by atoms with Crippen LogP contribution in [0.3, 0.4) is 0 Å². The molecule has 0 radical (unpaired) electrons. The molecule has 0 aliphatic carbocycles. The second kappa shape index (κ2) is 10.4. The Kier molecular flexibility index (Phi) is 7.14. The first-order valence-electron chi connectivity index (χ1n) is 10.4. The molecular weight excluding hydrogens is 493 g/mol. The number of nitrogens with two attached hydrogens (primary N) is 1. The average Bonchev–Trinajstić information content (AvgIpc) is 2.82. The highest BCUT2D eigenvalue weighted by Gasteiger charge is 2.16. The highest BCUT2D eigenvalue weighted by Crippen LogP contribution is 2.35. The number of nitrogen functional groups attached to an aromatic ring is 1. The van der Waals surface area contributed by atoms with Gasteiger partial charge in [-0.2, -0.15) is 0 Å². The van der Waals surface area contributed by atoms with Crippen LogP contribution in [-0.4, -0.2) is 33.0 Å². The third-order valence-corrected chi connectivity index (χ3v) is 5.57. The van der Waals surface area contributed by atoms with Crippen molar-refractivity contribution in [2.24, 2.45) is 0 Å². The van der Waals surface area contributed by atoms with Crippen molar-refractivity contribution in [3.05, 3.63) is 91.3 Å². The normalized spacial score (nSPS) is 10.7. The van der Waals surface area contributed by atoms with Gasteiger partial charge in [-0.05, 0) is 48.5 Å². The molecule has 12 heteroatoms. The Labute approximate surface area is 209 Å². The molecule has 0 saturated carbocycles. The number of rotatable bonds is 8. The Balaban J connectivity index is 1.55. The van der Waals surface area contributed by atoms with Crippen LogP contribution in [0.5, 0.6) is 0 Å². The topological polar surface area (TPSA) is 152 Å². The van der Waals surface area contributed by atoms with Crippen LogP contribution in [0.1, 0.15) is 0 Å². The molecule has 0 spiro atoms. The number of nitrogens with zero attached hydrogens (tertiary/aromatic N) is 3. The summed E-state index contributed by atoms with van der Waals surface area (Å²) in [6.45, 7) is 0.883. The Hall–Kier alpha value is -4.15. The highest BCUT2D eigenvalue weighted by atomic mass is 35.5. The van der Waals surface area contributed by atoms with Crippen LogP contribution in [0, 0.1) is 10.1 Å². The summed E-state index contributed by atoms with van der Waals surface area (Å²) in [5.74, 6) is 0.806. The van der Waals surface area contributed by atoms with Crippen molar-refractivity contribution in [1.29, 1.82) is 0 Å². The zero-order chi connectivity index (χ0) is 24.9. The summed E-state index contributed by atoms with van der Waals surface area (Å²) in [6.07, 6.45) is 1.56. The minimum Gasteiger partial charge on any atom is -0.378 e. The van der Waals surface area contributed by atoms with Gasteiger partial charge in [0.05, 0.1) is 15.6 Å². The molecule has 0 atom stereocenters. The molecule has 0 bridgehead atoms. The Bertz CT molecular complexity index is 1460. The van der Waals surface area contributed by atoms with Gasteiger partial charge in [0, 0.05) is 47.1 Å². The third kappa shape index (κ3) is 5.51. The van der Waals surface area contributed by atoms with E-state index in [4.69, 9.17) is 33.9 Å². The first-order chi connectivity index (χ1) is 16.8. The summed E-state index contributed by atoms with van der Waals surface area (Å²) in [5, 5.41) is 18.0. The van der Waals surface area contributed by atoms with E-state index in [0.717, 1.165) is 0 Å². The molecular formula is C23H19Cl2N7O3. The highest BCUT2D eigenvalue weighted by molar-refractivity contribution is 6.36. The van der Waals surface area contributed by atoms with E-state index in [1.54, 1.807) is 48.7 Å². The molecule has 4 aromatic rings. The first-order valence-corrected chi connectivity index (χ1v) is 11.1. The lowest BCUT2D eigenvalue weighted by molar-refractivity contribution is -0.384. The predicted octanol–water partition coefficient (Wildman–Crippen LogP) is 4.82. The fourth-order valence-corrected chi connectivity index (χ4v) is 3.89. The molecule has 10 nitrogen and oxygen atoms in total. The largest absolute Gasteiger partial charge is 0.378 e. The van der Waals surface area contributed by atoms with Crippen molar-refractivity contribution in [3.63, 3.8) is 0 Å². The van der Waals surface area contributed by atoms with Crippen molar-refractivity contribution < 1.29 is 4.92 Å². The van der Waals surface area contributed by atoms with Crippen molar-refractivity contribution >= 4 is 46.3 Å². The second-order valence-corrected chi connectivity index (χ2v) is 8.18. The van der Waals surface area contributed by atoms with E-state index in [9.17, 15) is 14.9 Å². The Morgan fingerprint density at radius 1 is 0.943 bits per heavy atom. The van der Waals surface area contributed by atoms with Gasteiger partial charge in [0.1, 0.15) is 11.6 Å². The fraction of sp³-hybridized carbons (Fsp3) is 0.0870. The number of hydrogen-bond donors (Lipinski definition) is 4. The summed E-state index contributed by atoms with van der Waals surface area (Å²) in [7, 11) is 0. The van der Waals surface area contributed by atoms with Gasteiger partial charge < -0.3 is 21.4 Å². The molecule has 0 saturated heterocycles. The lowest BCUT2D eigenvalue weighted by Gasteiger charge is -2.14. The SMILES string of the molecule is Nc1nc(NCCNc2ccc(-c3ccc[nH]c3=O)c(-c3ccc(Cl)cc3Cl)n2)ccc1[N+](=O)[O-]. The minimum absolute atomic E-state index is 0.161. The molecule has 35 heavy (non-hydrogen) atoms. The number of pyridine rings is 3. The molecule has 0 unspecified atom stereocenters. The van der Waals surface area contributed by atoms with Gasteiger partial charge in [0.2, 0.25) is 5.82 Å². The van der Waals surface area contributed by atoms with Gasteiger partial charge >= 0.3 is 5.69 Å². The molecule has 0 fully saturated rings. The number of nitrogens with one attached hydrogen (secondary N) is 3. The van der Waals surface area contributed by atoms with Crippen LogP contribution in [-0.2, 0) is 0 Å². The third-order valence-electron chi connectivity index (χ3n) is 5.03. The van der Waals surface area contributed by atoms with Gasteiger partial charge in [-0.25, -0.2) is 9.97 Å². The van der Waals surface area contributed by atoms with Gasteiger partial charge in [-0.1, -0.05) is 23.2 Å². The lowest BCUT2D eigenvalue weighted by atomic mass is 10.00. The molecule has 0 aliphatic rings. The quantitative estimate of drug-likeness (QED) is 0.149. The zero-order valence-electron chi connectivity index (χ0n) is 18.1. The van der Waals surface area contributed by atoms with Crippen molar-refractivity contribution in [2.75, 3.05) is 29.5 Å². The lowest BCUT2D eigenvalue weighted by Crippen LogP contribution is -2.16. The number of benzene rings is 1. The van der Waals surface area contributed by atoms with Crippen LogP contribution in [0.15, 0.2) is 65.6 Å². The summed E-state index contributed by atoms with van der Waals surface area (Å²) in [5.41, 5.74) is 7.34. The van der Waals surface area contributed by atoms with E-state index in [1.165, 1.54) is 12.1 Å². The van der Waals surface area contributed by atoms with Gasteiger partial charge in [0.15, 0.2) is 0 Å². The molecule has 3 aromatic heterocycles. The van der Waals surface area contributed by atoms with E-state index >= 15 is 0 Å². The summed E-state index contributed by atoms with van der Waals surface area (Å²) < 4.78 is 0. The van der Waals surface area contributed by atoms with Crippen molar-refractivity contribution in [3.8, 4) is 22.4 Å². The van der Waals surface area contributed by atoms with Crippen LogP contribution in [0.4, 0.5) is 23.1 Å². The summed E-state index contributed by atoms with van der Waals surface area (Å²) in [6, 6.07) is 14.9. The van der Waals surface area contributed by atoms with E-state index in [0.29, 0.717) is 57.2 Å². The smallest absolute Gasteiger partial charge is 0.311 e. The van der Waals surface area contributed by atoms with Crippen molar-refractivity contribution in [2.45, 2.75) is 0 Å². The molecule has 5 N–H and O–H groups in total. The van der Waals surface area contributed by atoms with Gasteiger partial charge in [0.25, 0.3) is 5.56 Å². The van der Waals surface area contributed by atoms with Gasteiger partial charge in [-0.3, -0.25) is 14.9 Å². The van der Waals surface area contributed by atoms with Gasteiger partial charge in [-0.15, -0.1) is 0 Å². The average molecular weight is 512 g/mol. The zero-order valence-corrected chi connectivity index (χ0v) is 19.6. The predicted molar refractivity (Wildman–Crippen MR) is 138 cm³/mol. The molecule has 178 valence electrons. The monoisotopic (exact) mass is 511 g/mol. The maximum Gasteiger partial charge on any atom is 0.311 e. The van der Waals surface area contributed by atoms with Crippen LogP contribution < -0.4 is 21.9 Å². The number of halogens is 2. The van der Waals surface area contributed by atoms with Crippen molar-refractivity contribution in [1.82, 2.24) is 15.0 Å². The molecule has 4 rings (SSSR count). The first kappa shape index (κ1) is 24.0. The fourth-order valence-electron chi connectivity index (χ4n) is 3.40. The number of nitro groups is 1. The van der Waals surface area contributed by atoms with Crippen LogP contribution in [0.25, 0.3) is 22.4 Å². The number of anilines is 3. The Morgan fingerprint density at radius 2 is 1.63 bits per heavy atom. The molecule has 0 aliphatic heterocycles. The molecule has 3 heterocycles. The maximum atomic E-state index is 12.4. The standard InChI is InChI=1S/C23H19Cl2N7O3/c24-13-3-4-16(17(25)12-13)21-14(15-2-1-9-29-23(15)33)5-7-19(30-21)27-10-11-28-20-8-6-18(32(34)35)22(26)31-20/h1-9,12H,10-11H2,(H,27,30)(H,29,33)(H3,26,28,31). The number of hydrogen-bond acceptors (Lipinski definition) is 8. The van der Waals surface area contributed by atoms with Crippen LogP contribution in [0.2, 0.25) is 10.0 Å². The second-order valence-electron chi connectivity index (χ2n) is 7.34. The van der Waals surface area contributed by atoms with E-state index in [-0.39, 0.29) is 17.1 Å².